The number of carbonyl (C=O) groups is 1. The van der Waals surface area contributed by atoms with E-state index in [0.29, 0.717) is 42.1 Å². The molecule has 2 aliphatic heterocycles. The van der Waals surface area contributed by atoms with Gasteiger partial charge in [-0.1, -0.05) is 34.1 Å². The molecule has 302 valence electrons. The second kappa shape index (κ2) is 19.7. The van der Waals surface area contributed by atoms with Crippen molar-refractivity contribution in [2.24, 2.45) is 5.92 Å². The van der Waals surface area contributed by atoms with Gasteiger partial charge >= 0.3 is 0 Å². The molecule has 0 aromatic carbocycles. The summed E-state index contributed by atoms with van der Waals surface area (Å²) in [4.78, 5) is 46.5. The number of nitrogens with zero attached hydrogens (tertiary/aromatic N) is 9. The van der Waals surface area contributed by atoms with Crippen LogP contribution < -0.4 is 25.2 Å². The van der Waals surface area contributed by atoms with Gasteiger partial charge in [0.05, 0.1) is 18.5 Å². The number of ether oxygens (including phenoxy) is 1. The van der Waals surface area contributed by atoms with E-state index in [2.05, 4.69) is 92.0 Å². The molecule has 2 aliphatic rings. The number of hydrogen-bond donors (Lipinski definition) is 2. The quantitative estimate of drug-likeness (QED) is 0.135. The van der Waals surface area contributed by atoms with Crippen LogP contribution in [0.2, 0.25) is 0 Å². The summed E-state index contributed by atoms with van der Waals surface area (Å²) in [5.74, 6) is 6.60. The molecule has 6 rings (SSSR count). The summed E-state index contributed by atoms with van der Waals surface area (Å²) in [5.41, 5.74) is 3.23. The topological polar surface area (TPSA) is 137 Å². The van der Waals surface area contributed by atoms with Crippen molar-refractivity contribution in [2.75, 3.05) is 54.2 Å². The molecule has 13 nitrogen and oxygen atoms in total. The first kappa shape index (κ1) is 42.1. The Hall–Kier alpha value is -5.07. The van der Waals surface area contributed by atoms with Gasteiger partial charge in [0.15, 0.2) is 0 Å². The first-order chi connectivity index (χ1) is 26.9. The van der Waals surface area contributed by atoms with Crippen molar-refractivity contribution < 1.29 is 9.53 Å². The molecule has 0 spiro atoms. The second-order valence-electron chi connectivity index (χ2n) is 15.7. The summed E-state index contributed by atoms with van der Waals surface area (Å²) in [6.45, 7) is 19.5. The van der Waals surface area contributed by atoms with Crippen molar-refractivity contribution in [1.82, 2.24) is 34.8 Å². The van der Waals surface area contributed by atoms with Gasteiger partial charge in [0.1, 0.15) is 29.0 Å². The number of nitrogens with one attached hydrogen (secondary N) is 2. The van der Waals surface area contributed by atoms with E-state index in [9.17, 15) is 4.79 Å². The Morgan fingerprint density at radius 1 is 0.946 bits per heavy atom. The van der Waals surface area contributed by atoms with Gasteiger partial charge in [-0.05, 0) is 88.5 Å². The zero-order chi connectivity index (χ0) is 40.4. The highest BCUT2D eigenvalue weighted by Crippen LogP contribution is 2.33. The molecule has 0 aliphatic carbocycles. The van der Waals surface area contributed by atoms with Crippen LogP contribution in [0.4, 0.5) is 35.2 Å². The molecule has 56 heavy (non-hydrogen) atoms. The van der Waals surface area contributed by atoms with E-state index in [1.165, 1.54) is 5.56 Å². The largest absolute Gasteiger partial charge is 0.497 e. The lowest BCUT2D eigenvalue weighted by molar-refractivity contribution is -0.130. The van der Waals surface area contributed by atoms with Gasteiger partial charge in [-0.15, -0.1) is 0 Å². The number of hydrogen-bond acceptors (Lipinski definition) is 12. The molecule has 0 saturated carbocycles. The van der Waals surface area contributed by atoms with E-state index in [0.717, 1.165) is 92.3 Å². The lowest BCUT2D eigenvalue weighted by atomic mass is 9.94. The number of methoxy groups -OCH3 is 1. The maximum atomic E-state index is 12.0. The van der Waals surface area contributed by atoms with Crippen molar-refractivity contribution in [2.45, 2.75) is 118 Å². The molecule has 5 atom stereocenters. The first-order valence-electron chi connectivity index (χ1n) is 20.4. The van der Waals surface area contributed by atoms with Crippen LogP contribution in [0.25, 0.3) is 0 Å². The predicted molar refractivity (Wildman–Crippen MR) is 227 cm³/mol. The Bertz CT molecular complexity index is 1890. The Morgan fingerprint density at radius 3 is 2.30 bits per heavy atom. The summed E-state index contributed by atoms with van der Waals surface area (Å²) in [6.07, 6.45) is 9.97. The van der Waals surface area contributed by atoms with E-state index in [4.69, 9.17) is 24.7 Å². The number of likely N-dealkylation sites (tertiary alicyclic amines) is 1. The molecule has 5 unspecified atom stereocenters. The van der Waals surface area contributed by atoms with E-state index in [1.54, 1.807) is 20.2 Å². The zero-order valence-corrected chi connectivity index (χ0v) is 35.2. The highest BCUT2D eigenvalue weighted by Gasteiger charge is 2.31. The van der Waals surface area contributed by atoms with Gasteiger partial charge in [0.25, 0.3) is 0 Å². The SMILES string of the molecule is CCCC(C)c1cc(Nc2cc(C)ccn2)nc(N(C)C(C)CC)n1.COc1ccnc(Nc2cc(C3CCCN(C(C)=O)C3)nc(N3CC(C)CC3C)n2)c1. The van der Waals surface area contributed by atoms with Crippen LogP contribution in [0.5, 0.6) is 5.75 Å². The average Bonchev–Trinajstić information content (AvgIpc) is 3.54. The number of aryl methyl sites for hydroxylation is 1. The predicted octanol–water partition coefficient (Wildman–Crippen LogP) is 8.65. The summed E-state index contributed by atoms with van der Waals surface area (Å²) in [5, 5.41) is 6.68. The van der Waals surface area contributed by atoms with Crippen molar-refractivity contribution in [1.29, 1.82) is 0 Å². The fourth-order valence-corrected chi connectivity index (χ4v) is 7.39. The highest BCUT2D eigenvalue weighted by atomic mass is 16.5. The monoisotopic (exact) mass is 766 g/mol. The first-order valence-corrected chi connectivity index (χ1v) is 20.4. The molecule has 4 aromatic heterocycles. The van der Waals surface area contributed by atoms with Gasteiger partial charge in [0.2, 0.25) is 17.8 Å². The Balaban J connectivity index is 0.000000220. The summed E-state index contributed by atoms with van der Waals surface area (Å²) in [7, 11) is 3.70. The number of pyridine rings is 2. The third kappa shape index (κ3) is 11.3. The highest BCUT2D eigenvalue weighted by molar-refractivity contribution is 5.73. The van der Waals surface area contributed by atoms with E-state index < -0.39 is 0 Å². The maximum Gasteiger partial charge on any atom is 0.227 e. The van der Waals surface area contributed by atoms with Crippen molar-refractivity contribution >= 4 is 41.1 Å². The zero-order valence-electron chi connectivity index (χ0n) is 35.2. The molecule has 2 saturated heterocycles. The van der Waals surface area contributed by atoms with Gasteiger partial charge in [0, 0.05) is 82.2 Å². The van der Waals surface area contributed by atoms with Crippen molar-refractivity contribution in [3.63, 3.8) is 0 Å². The van der Waals surface area contributed by atoms with Gasteiger partial charge in [-0.3, -0.25) is 4.79 Å². The van der Waals surface area contributed by atoms with Crippen LogP contribution in [0.15, 0.2) is 48.8 Å². The molecular formula is C43H63N11O2. The third-order valence-corrected chi connectivity index (χ3v) is 11.0. The lowest BCUT2D eigenvalue weighted by Gasteiger charge is -2.32. The van der Waals surface area contributed by atoms with E-state index >= 15 is 0 Å². The summed E-state index contributed by atoms with van der Waals surface area (Å²) in [6, 6.07) is 12.5. The maximum absolute atomic E-state index is 12.0. The lowest BCUT2D eigenvalue weighted by Crippen LogP contribution is -2.38. The van der Waals surface area contributed by atoms with Gasteiger partial charge in [-0.2, -0.15) is 9.97 Å². The van der Waals surface area contributed by atoms with Crippen LogP contribution in [-0.4, -0.2) is 86.6 Å². The minimum atomic E-state index is 0.125. The normalized spacial score (nSPS) is 19.1. The number of piperidine rings is 1. The minimum absolute atomic E-state index is 0.125. The van der Waals surface area contributed by atoms with Crippen LogP contribution in [-0.2, 0) is 4.79 Å². The standard InChI is InChI=1S/C23H32N6O2.C20H31N5/c1-15-10-16(2)29(13-15)23-25-20(18-6-5-9-28(14-18)17(3)30)12-22(27-23)26-21-11-19(31-4)7-8-24-21;1-7-9-15(4)17-13-19(23-18-12-14(3)10-11-21-18)24-20(22-17)25(6)16(5)8-2/h7-8,11-12,15-16,18H,5-6,9-10,13-14H2,1-4H3,(H,24,25,26,27);10-13,15-16H,7-9H2,1-6H3,(H,21,22,23,24). The molecule has 13 heteroatoms. The van der Waals surface area contributed by atoms with Crippen LogP contribution in [0.3, 0.4) is 0 Å². The van der Waals surface area contributed by atoms with E-state index in [-0.39, 0.29) is 11.8 Å². The van der Waals surface area contributed by atoms with Crippen LogP contribution in [0.1, 0.15) is 116 Å². The van der Waals surface area contributed by atoms with E-state index in [1.807, 2.05) is 41.4 Å². The Labute approximate surface area is 334 Å². The molecule has 4 aromatic rings. The van der Waals surface area contributed by atoms with Gasteiger partial charge < -0.3 is 30.1 Å². The number of amides is 1. The molecule has 0 bridgehead atoms. The third-order valence-electron chi connectivity index (χ3n) is 11.0. The molecule has 2 fully saturated rings. The summed E-state index contributed by atoms with van der Waals surface area (Å²) >= 11 is 0. The Morgan fingerprint density at radius 2 is 1.66 bits per heavy atom. The number of aromatic nitrogens is 6. The number of rotatable bonds is 13. The van der Waals surface area contributed by atoms with Crippen LogP contribution >= 0.6 is 0 Å². The molecule has 1 amide bonds. The minimum Gasteiger partial charge on any atom is -0.497 e. The second-order valence-corrected chi connectivity index (χ2v) is 15.7. The fourth-order valence-electron chi connectivity index (χ4n) is 7.39. The molecule has 2 N–H and O–H groups in total. The summed E-state index contributed by atoms with van der Waals surface area (Å²) < 4.78 is 5.32. The molecule has 6 heterocycles. The Kier molecular flexibility index (Phi) is 14.8. The number of anilines is 6. The molecule has 0 radical (unpaired) electrons. The average molecular weight is 766 g/mol. The fraction of sp³-hybridized carbons (Fsp3) is 0.558. The van der Waals surface area contributed by atoms with Crippen molar-refractivity contribution in [3.8, 4) is 5.75 Å². The van der Waals surface area contributed by atoms with Crippen molar-refractivity contribution in [3.05, 3.63) is 65.7 Å². The number of carbonyl (C=O) groups excluding carboxylic acids is 1. The van der Waals surface area contributed by atoms with Crippen LogP contribution in [0, 0.1) is 12.8 Å². The van der Waals surface area contributed by atoms with Gasteiger partial charge in [-0.25, -0.2) is 19.9 Å². The smallest absolute Gasteiger partial charge is 0.227 e. The molecular weight excluding hydrogens is 703 g/mol.